The Morgan fingerprint density at radius 2 is 1.96 bits per heavy atom. The SMILES string of the molecule is CN=C(NCc1cccc(CN2CCCC2=O)c1)NC(C)c1ccc(Cl)cc1. The molecule has 1 unspecified atom stereocenters. The molecule has 1 saturated heterocycles. The average Bonchev–Trinajstić information content (AvgIpc) is 3.10. The molecule has 1 aliphatic heterocycles. The first-order valence-electron chi connectivity index (χ1n) is 9.63. The smallest absolute Gasteiger partial charge is 0.222 e. The molecule has 1 fully saturated rings. The van der Waals surface area contributed by atoms with Crippen molar-refractivity contribution in [1.82, 2.24) is 15.5 Å². The van der Waals surface area contributed by atoms with E-state index in [0.29, 0.717) is 19.5 Å². The zero-order valence-electron chi connectivity index (χ0n) is 16.4. The number of hydrogen-bond donors (Lipinski definition) is 2. The van der Waals surface area contributed by atoms with E-state index in [2.05, 4.69) is 40.7 Å². The van der Waals surface area contributed by atoms with Crippen LogP contribution in [-0.2, 0) is 17.9 Å². The van der Waals surface area contributed by atoms with Crippen LogP contribution in [0.15, 0.2) is 53.5 Å². The summed E-state index contributed by atoms with van der Waals surface area (Å²) in [7, 11) is 1.76. The summed E-state index contributed by atoms with van der Waals surface area (Å²) >= 11 is 5.96. The van der Waals surface area contributed by atoms with Crippen molar-refractivity contribution in [3.8, 4) is 0 Å². The molecule has 0 bridgehead atoms. The lowest BCUT2D eigenvalue weighted by Gasteiger charge is -2.19. The number of rotatable bonds is 6. The fourth-order valence-electron chi connectivity index (χ4n) is 3.35. The molecular formula is C22H27ClN4O. The fraction of sp³-hybridized carbons (Fsp3) is 0.364. The molecule has 0 spiro atoms. The van der Waals surface area contributed by atoms with Gasteiger partial charge in [-0.3, -0.25) is 9.79 Å². The van der Waals surface area contributed by atoms with Crippen LogP contribution < -0.4 is 10.6 Å². The van der Waals surface area contributed by atoms with Crippen molar-refractivity contribution in [2.45, 2.75) is 38.9 Å². The number of carbonyl (C=O) groups excluding carboxylic acids is 1. The quantitative estimate of drug-likeness (QED) is 0.573. The van der Waals surface area contributed by atoms with Crippen LogP contribution in [0.25, 0.3) is 0 Å². The Morgan fingerprint density at radius 3 is 2.64 bits per heavy atom. The topological polar surface area (TPSA) is 56.7 Å². The van der Waals surface area contributed by atoms with E-state index in [1.165, 1.54) is 0 Å². The van der Waals surface area contributed by atoms with Crippen LogP contribution in [-0.4, -0.2) is 30.4 Å². The van der Waals surface area contributed by atoms with Gasteiger partial charge in [-0.05, 0) is 42.2 Å². The third kappa shape index (κ3) is 5.49. The Hall–Kier alpha value is -2.53. The lowest BCUT2D eigenvalue weighted by Crippen LogP contribution is -2.38. The molecule has 2 aromatic carbocycles. The minimum Gasteiger partial charge on any atom is -0.352 e. The highest BCUT2D eigenvalue weighted by atomic mass is 35.5. The lowest BCUT2D eigenvalue weighted by atomic mass is 10.1. The van der Waals surface area contributed by atoms with Crippen molar-refractivity contribution in [2.75, 3.05) is 13.6 Å². The second kappa shape index (κ2) is 9.60. The lowest BCUT2D eigenvalue weighted by molar-refractivity contribution is -0.128. The predicted molar refractivity (Wildman–Crippen MR) is 114 cm³/mol. The van der Waals surface area contributed by atoms with Gasteiger partial charge < -0.3 is 15.5 Å². The van der Waals surface area contributed by atoms with Gasteiger partial charge in [0.1, 0.15) is 0 Å². The van der Waals surface area contributed by atoms with E-state index in [-0.39, 0.29) is 11.9 Å². The Kier molecular flexibility index (Phi) is 6.93. The summed E-state index contributed by atoms with van der Waals surface area (Å²) in [5.41, 5.74) is 3.46. The zero-order chi connectivity index (χ0) is 19.9. The van der Waals surface area contributed by atoms with Crippen LogP contribution in [0.4, 0.5) is 0 Å². The molecule has 28 heavy (non-hydrogen) atoms. The van der Waals surface area contributed by atoms with Gasteiger partial charge in [-0.2, -0.15) is 0 Å². The van der Waals surface area contributed by atoms with E-state index < -0.39 is 0 Å². The highest BCUT2D eigenvalue weighted by Gasteiger charge is 2.19. The molecule has 6 heteroatoms. The van der Waals surface area contributed by atoms with E-state index in [1.54, 1.807) is 7.05 Å². The summed E-state index contributed by atoms with van der Waals surface area (Å²) in [6.07, 6.45) is 1.64. The number of hydrogen-bond acceptors (Lipinski definition) is 2. The first-order valence-corrected chi connectivity index (χ1v) is 10.0. The van der Waals surface area contributed by atoms with Crippen molar-refractivity contribution in [3.05, 3.63) is 70.2 Å². The average molecular weight is 399 g/mol. The first-order chi connectivity index (χ1) is 13.5. The fourth-order valence-corrected chi connectivity index (χ4v) is 3.48. The molecule has 0 radical (unpaired) electrons. The molecule has 1 aliphatic rings. The number of nitrogens with zero attached hydrogens (tertiary/aromatic N) is 2. The molecule has 0 aromatic heterocycles. The maximum Gasteiger partial charge on any atom is 0.222 e. The number of likely N-dealkylation sites (tertiary alicyclic amines) is 1. The van der Waals surface area contributed by atoms with E-state index in [1.807, 2.05) is 35.2 Å². The van der Waals surface area contributed by atoms with Crippen molar-refractivity contribution in [2.24, 2.45) is 4.99 Å². The van der Waals surface area contributed by atoms with Gasteiger partial charge in [0.05, 0.1) is 6.04 Å². The van der Waals surface area contributed by atoms with Gasteiger partial charge in [0.15, 0.2) is 5.96 Å². The molecule has 1 heterocycles. The molecular weight excluding hydrogens is 372 g/mol. The van der Waals surface area contributed by atoms with Gasteiger partial charge in [-0.25, -0.2) is 0 Å². The number of benzene rings is 2. The standard InChI is InChI=1S/C22H27ClN4O/c1-16(19-8-10-20(23)11-9-19)26-22(24-2)25-14-17-5-3-6-18(13-17)15-27-12-4-7-21(27)28/h3,5-6,8-11,13,16H,4,7,12,14-15H2,1-2H3,(H2,24,25,26). The van der Waals surface area contributed by atoms with Crippen LogP contribution in [0.5, 0.6) is 0 Å². The Morgan fingerprint density at radius 1 is 1.21 bits per heavy atom. The van der Waals surface area contributed by atoms with E-state index in [0.717, 1.165) is 40.6 Å². The second-order valence-electron chi connectivity index (χ2n) is 7.08. The zero-order valence-corrected chi connectivity index (χ0v) is 17.2. The van der Waals surface area contributed by atoms with Gasteiger partial charge in [0, 0.05) is 38.1 Å². The van der Waals surface area contributed by atoms with E-state index in [9.17, 15) is 4.79 Å². The molecule has 1 amide bonds. The van der Waals surface area contributed by atoms with Crippen LogP contribution in [0.2, 0.25) is 5.02 Å². The molecule has 0 aliphatic carbocycles. The summed E-state index contributed by atoms with van der Waals surface area (Å²) < 4.78 is 0. The number of carbonyl (C=O) groups is 1. The number of amides is 1. The second-order valence-corrected chi connectivity index (χ2v) is 7.52. The number of guanidine groups is 1. The third-order valence-electron chi connectivity index (χ3n) is 4.94. The summed E-state index contributed by atoms with van der Waals surface area (Å²) in [6, 6.07) is 16.3. The molecule has 5 nitrogen and oxygen atoms in total. The summed E-state index contributed by atoms with van der Waals surface area (Å²) in [4.78, 5) is 18.1. The van der Waals surface area contributed by atoms with Crippen LogP contribution in [0.1, 0.15) is 42.5 Å². The van der Waals surface area contributed by atoms with Gasteiger partial charge in [-0.15, -0.1) is 0 Å². The molecule has 1 atom stereocenters. The largest absolute Gasteiger partial charge is 0.352 e. The Labute approximate surface area is 171 Å². The highest BCUT2D eigenvalue weighted by molar-refractivity contribution is 6.30. The van der Waals surface area contributed by atoms with Crippen LogP contribution >= 0.6 is 11.6 Å². The van der Waals surface area contributed by atoms with E-state index in [4.69, 9.17) is 11.6 Å². The maximum absolute atomic E-state index is 11.8. The van der Waals surface area contributed by atoms with Crippen molar-refractivity contribution < 1.29 is 4.79 Å². The number of nitrogens with one attached hydrogen (secondary N) is 2. The Bertz CT molecular complexity index is 835. The van der Waals surface area contributed by atoms with Crippen molar-refractivity contribution in [1.29, 1.82) is 0 Å². The van der Waals surface area contributed by atoms with Gasteiger partial charge in [-0.1, -0.05) is 48.0 Å². The normalized spacial score (nSPS) is 15.6. The summed E-state index contributed by atoms with van der Waals surface area (Å²) in [5, 5.41) is 7.48. The minimum atomic E-state index is 0.107. The van der Waals surface area contributed by atoms with Crippen molar-refractivity contribution in [3.63, 3.8) is 0 Å². The highest BCUT2D eigenvalue weighted by Crippen LogP contribution is 2.17. The van der Waals surface area contributed by atoms with Gasteiger partial charge in [0.25, 0.3) is 0 Å². The number of halogens is 1. The number of aliphatic imine (C=N–C) groups is 1. The summed E-state index contributed by atoms with van der Waals surface area (Å²) in [6.45, 7) is 4.30. The molecule has 2 aromatic rings. The first kappa shape index (κ1) is 20.2. The summed E-state index contributed by atoms with van der Waals surface area (Å²) in [5.74, 6) is 0.992. The van der Waals surface area contributed by atoms with Gasteiger partial charge in [0.2, 0.25) is 5.91 Å². The van der Waals surface area contributed by atoms with Crippen LogP contribution in [0, 0.1) is 0 Å². The van der Waals surface area contributed by atoms with Gasteiger partial charge >= 0.3 is 0 Å². The third-order valence-corrected chi connectivity index (χ3v) is 5.19. The minimum absolute atomic E-state index is 0.107. The molecule has 0 saturated carbocycles. The van der Waals surface area contributed by atoms with E-state index >= 15 is 0 Å². The monoisotopic (exact) mass is 398 g/mol. The predicted octanol–water partition coefficient (Wildman–Crippen LogP) is 3.89. The maximum atomic E-state index is 11.8. The molecule has 2 N–H and O–H groups in total. The Balaban J connectivity index is 1.55. The molecule has 148 valence electrons. The van der Waals surface area contributed by atoms with Crippen LogP contribution in [0.3, 0.4) is 0 Å². The molecule has 3 rings (SSSR count). The van der Waals surface area contributed by atoms with Crippen molar-refractivity contribution >= 4 is 23.5 Å².